The summed E-state index contributed by atoms with van der Waals surface area (Å²) in [5.41, 5.74) is 0. The van der Waals surface area contributed by atoms with Crippen molar-refractivity contribution in [3.8, 4) is 0 Å². The summed E-state index contributed by atoms with van der Waals surface area (Å²) in [6, 6.07) is -0.104. The lowest BCUT2D eigenvalue weighted by Crippen LogP contribution is -2.37. The van der Waals surface area contributed by atoms with Crippen molar-refractivity contribution >= 4 is 5.97 Å². The predicted octanol–water partition coefficient (Wildman–Crippen LogP) is -0.243. The number of hydrogen-bond donors (Lipinski definition) is 1. The molecule has 13 heavy (non-hydrogen) atoms. The van der Waals surface area contributed by atoms with Crippen LogP contribution in [-0.4, -0.2) is 47.3 Å². The number of carbonyl (C=O) groups is 1. The molecule has 0 aromatic carbocycles. The van der Waals surface area contributed by atoms with Crippen LogP contribution >= 0.6 is 0 Å². The molecular formula is C9H15NO3. The fourth-order valence-electron chi connectivity index (χ4n) is 2.08. The fourth-order valence-corrected chi connectivity index (χ4v) is 2.08. The second-order valence-corrected chi connectivity index (χ2v) is 3.94. The van der Waals surface area contributed by atoms with Gasteiger partial charge in [-0.3, -0.25) is 9.69 Å². The Kier molecular flexibility index (Phi) is 2.26. The summed E-state index contributed by atoms with van der Waals surface area (Å²) in [6.07, 6.45) is 1.32. The Hall–Kier alpha value is -0.610. The van der Waals surface area contributed by atoms with Crippen LogP contribution in [0, 0.1) is 0 Å². The zero-order valence-corrected chi connectivity index (χ0v) is 7.77. The first-order chi connectivity index (χ1) is 6.16. The van der Waals surface area contributed by atoms with Crippen molar-refractivity contribution in [3.05, 3.63) is 0 Å². The van der Waals surface area contributed by atoms with Gasteiger partial charge in [-0.25, -0.2) is 0 Å². The molecule has 0 aromatic rings. The van der Waals surface area contributed by atoms with Gasteiger partial charge >= 0.3 is 5.97 Å². The van der Waals surface area contributed by atoms with Gasteiger partial charge in [-0.2, -0.15) is 0 Å². The summed E-state index contributed by atoms with van der Waals surface area (Å²) < 4.78 is 5.06. The van der Waals surface area contributed by atoms with Crippen LogP contribution in [-0.2, 0) is 9.53 Å². The van der Waals surface area contributed by atoms with Crippen LogP contribution < -0.4 is 0 Å². The van der Waals surface area contributed by atoms with Gasteiger partial charge in [-0.05, 0) is 13.3 Å². The Morgan fingerprint density at radius 3 is 2.85 bits per heavy atom. The van der Waals surface area contributed by atoms with Gasteiger partial charge in [0.2, 0.25) is 0 Å². The highest BCUT2D eigenvalue weighted by Gasteiger charge is 2.39. The molecule has 2 aliphatic rings. The van der Waals surface area contributed by atoms with E-state index in [1.54, 1.807) is 0 Å². The van der Waals surface area contributed by atoms with E-state index in [9.17, 15) is 9.90 Å². The topological polar surface area (TPSA) is 49.8 Å². The number of cyclic esters (lactones) is 1. The monoisotopic (exact) mass is 185 g/mol. The molecule has 1 N–H and O–H groups in total. The van der Waals surface area contributed by atoms with Gasteiger partial charge in [0.15, 0.2) is 0 Å². The molecule has 2 saturated heterocycles. The highest BCUT2D eigenvalue weighted by atomic mass is 16.6. The summed E-state index contributed by atoms with van der Waals surface area (Å²) >= 11 is 0. The first-order valence-corrected chi connectivity index (χ1v) is 4.79. The molecule has 2 heterocycles. The third-order valence-corrected chi connectivity index (χ3v) is 2.78. The number of rotatable bonds is 1. The molecule has 3 unspecified atom stereocenters. The number of esters is 1. The quantitative estimate of drug-likeness (QED) is 0.573. The number of likely N-dealkylation sites (tertiary alicyclic amines) is 1. The maximum Gasteiger partial charge on any atom is 0.323 e. The third kappa shape index (κ3) is 1.69. The molecule has 4 heteroatoms. The van der Waals surface area contributed by atoms with E-state index in [1.807, 2.05) is 11.8 Å². The van der Waals surface area contributed by atoms with Crippen LogP contribution in [0.15, 0.2) is 0 Å². The highest BCUT2D eigenvalue weighted by Crippen LogP contribution is 2.23. The van der Waals surface area contributed by atoms with Crippen LogP contribution in [0.5, 0.6) is 0 Å². The zero-order chi connectivity index (χ0) is 9.42. The van der Waals surface area contributed by atoms with Crippen LogP contribution in [0.25, 0.3) is 0 Å². The van der Waals surface area contributed by atoms with E-state index in [4.69, 9.17) is 4.74 Å². The summed E-state index contributed by atoms with van der Waals surface area (Å²) in [4.78, 5) is 13.4. The van der Waals surface area contributed by atoms with Gasteiger partial charge in [-0.1, -0.05) is 0 Å². The second kappa shape index (κ2) is 3.27. The summed E-state index contributed by atoms with van der Waals surface area (Å²) in [6.45, 7) is 3.34. The molecule has 74 valence electrons. The van der Waals surface area contributed by atoms with E-state index in [0.717, 1.165) is 19.4 Å². The maximum atomic E-state index is 11.3. The normalized spacial score (nSPS) is 41.1. The summed E-state index contributed by atoms with van der Waals surface area (Å²) in [5, 5.41) is 9.32. The molecule has 0 amide bonds. The van der Waals surface area contributed by atoms with Crippen LogP contribution in [0.4, 0.5) is 0 Å². The molecule has 2 aliphatic heterocycles. The van der Waals surface area contributed by atoms with Crippen molar-refractivity contribution in [1.82, 2.24) is 4.90 Å². The Labute approximate surface area is 77.5 Å². The first-order valence-electron chi connectivity index (χ1n) is 4.79. The Morgan fingerprint density at radius 1 is 1.62 bits per heavy atom. The lowest BCUT2D eigenvalue weighted by molar-refractivity contribution is -0.144. The molecule has 0 radical (unpaired) electrons. The Balaban J connectivity index is 1.97. The minimum atomic E-state index is -0.260. The Bertz CT molecular complexity index is 219. The average molecular weight is 185 g/mol. The number of carbonyl (C=O) groups excluding carboxylic acids is 1. The third-order valence-electron chi connectivity index (χ3n) is 2.78. The van der Waals surface area contributed by atoms with E-state index >= 15 is 0 Å². The summed E-state index contributed by atoms with van der Waals surface area (Å²) in [5.74, 6) is -0.124. The van der Waals surface area contributed by atoms with Crippen molar-refractivity contribution in [1.29, 1.82) is 0 Å². The molecule has 2 fully saturated rings. The minimum Gasteiger partial charge on any atom is -0.461 e. The molecule has 3 atom stereocenters. The van der Waals surface area contributed by atoms with Crippen LogP contribution in [0.1, 0.15) is 19.8 Å². The molecule has 0 spiro atoms. The number of aliphatic hydroxyl groups is 1. The van der Waals surface area contributed by atoms with Crippen molar-refractivity contribution in [2.24, 2.45) is 0 Å². The molecule has 2 rings (SSSR count). The Morgan fingerprint density at radius 2 is 2.38 bits per heavy atom. The van der Waals surface area contributed by atoms with Crippen LogP contribution in [0.2, 0.25) is 0 Å². The van der Waals surface area contributed by atoms with Gasteiger partial charge in [0.25, 0.3) is 0 Å². The van der Waals surface area contributed by atoms with E-state index in [1.165, 1.54) is 0 Å². The van der Waals surface area contributed by atoms with Crippen molar-refractivity contribution in [2.45, 2.75) is 38.0 Å². The molecular weight excluding hydrogens is 170 g/mol. The van der Waals surface area contributed by atoms with Gasteiger partial charge in [0, 0.05) is 19.5 Å². The second-order valence-electron chi connectivity index (χ2n) is 3.94. The SMILES string of the molecule is CC1CC(N2CCC(O)C2)C(=O)O1. The largest absolute Gasteiger partial charge is 0.461 e. The number of ether oxygens (including phenoxy) is 1. The van der Waals surface area contributed by atoms with E-state index in [-0.39, 0.29) is 24.2 Å². The first kappa shape index (κ1) is 8.97. The lowest BCUT2D eigenvalue weighted by Gasteiger charge is -2.19. The van der Waals surface area contributed by atoms with Crippen LogP contribution in [0.3, 0.4) is 0 Å². The number of nitrogens with zero attached hydrogens (tertiary/aromatic N) is 1. The fraction of sp³-hybridized carbons (Fsp3) is 0.889. The molecule has 0 saturated carbocycles. The van der Waals surface area contributed by atoms with Crippen molar-refractivity contribution in [2.75, 3.05) is 13.1 Å². The average Bonchev–Trinajstić information content (AvgIpc) is 2.58. The number of β-amino-alcohol motifs (C(OH)–C–C–N with tert-alkyl or cyclic N) is 1. The van der Waals surface area contributed by atoms with Crippen molar-refractivity contribution < 1.29 is 14.6 Å². The van der Waals surface area contributed by atoms with E-state index in [0.29, 0.717) is 6.54 Å². The van der Waals surface area contributed by atoms with Crippen molar-refractivity contribution in [3.63, 3.8) is 0 Å². The van der Waals surface area contributed by atoms with Gasteiger partial charge in [0.1, 0.15) is 12.1 Å². The molecule has 0 bridgehead atoms. The minimum absolute atomic E-state index is 0.0373. The van der Waals surface area contributed by atoms with Gasteiger partial charge in [0.05, 0.1) is 6.10 Å². The molecule has 0 aliphatic carbocycles. The summed E-state index contributed by atoms with van der Waals surface area (Å²) in [7, 11) is 0. The number of hydrogen-bond acceptors (Lipinski definition) is 4. The zero-order valence-electron chi connectivity index (χ0n) is 7.77. The maximum absolute atomic E-state index is 11.3. The highest BCUT2D eigenvalue weighted by molar-refractivity contribution is 5.78. The molecule has 4 nitrogen and oxygen atoms in total. The van der Waals surface area contributed by atoms with E-state index in [2.05, 4.69) is 0 Å². The standard InChI is InChI=1S/C9H15NO3/c1-6-4-8(9(12)13-6)10-3-2-7(11)5-10/h6-8,11H,2-5H2,1H3. The van der Waals surface area contributed by atoms with Gasteiger partial charge < -0.3 is 9.84 Å². The van der Waals surface area contributed by atoms with E-state index < -0.39 is 0 Å². The lowest BCUT2D eigenvalue weighted by atomic mass is 10.1. The predicted molar refractivity (Wildman–Crippen MR) is 46.2 cm³/mol. The smallest absolute Gasteiger partial charge is 0.323 e. The molecule has 0 aromatic heterocycles. The number of aliphatic hydroxyl groups excluding tert-OH is 1. The van der Waals surface area contributed by atoms with Gasteiger partial charge in [-0.15, -0.1) is 0 Å².